The monoisotopic (exact) mass is 217 g/mol. The molecule has 11 heavy (non-hydrogen) atoms. The van der Waals surface area contributed by atoms with Crippen LogP contribution < -0.4 is 0 Å². The lowest BCUT2D eigenvalue weighted by atomic mass is 10.4. The minimum absolute atomic E-state index is 0.250. The molecule has 0 atom stereocenters. The van der Waals surface area contributed by atoms with Gasteiger partial charge in [0.05, 0.1) is 0 Å². The fourth-order valence-corrected chi connectivity index (χ4v) is 0.942. The van der Waals surface area contributed by atoms with Crippen LogP contribution in [0.25, 0.3) is 0 Å². The van der Waals surface area contributed by atoms with E-state index in [0.29, 0.717) is 0 Å². The lowest BCUT2D eigenvalue weighted by Gasteiger charge is -1.88. The fourth-order valence-electron chi connectivity index (χ4n) is 0.510. The summed E-state index contributed by atoms with van der Waals surface area (Å²) in [4.78, 5) is 12.5. The summed E-state index contributed by atoms with van der Waals surface area (Å²) in [6, 6.07) is 5.84. The lowest BCUT2D eigenvalue weighted by Crippen LogP contribution is -1.77. The van der Waals surface area contributed by atoms with Crippen molar-refractivity contribution in [1.82, 2.24) is 4.98 Å². The summed E-state index contributed by atoms with van der Waals surface area (Å²) in [6.07, 6.45) is 0. The van der Waals surface area contributed by atoms with Gasteiger partial charge < -0.3 is 5.11 Å². The summed E-state index contributed by atoms with van der Waals surface area (Å²) >= 11 is 3.25. The van der Waals surface area contributed by atoms with E-state index in [9.17, 15) is 0 Å². The van der Waals surface area contributed by atoms with Crippen molar-refractivity contribution in [3.8, 4) is 0 Å². The summed E-state index contributed by atoms with van der Waals surface area (Å²) in [5.74, 6) is 0. The molecule has 1 rings (SSSR count). The van der Waals surface area contributed by atoms with Crippen LogP contribution in [0.1, 0.15) is 5.69 Å². The van der Waals surface area contributed by atoms with Gasteiger partial charge in [-0.3, -0.25) is 4.79 Å². The molecule has 0 unspecified atom stereocenters. The molecule has 1 aromatic rings. The third-order valence-corrected chi connectivity index (χ3v) is 1.30. The minimum atomic E-state index is -0.250. The zero-order valence-corrected chi connectivity index (χ0v) is 7.58. The van der Waals surface area contributed by atoms with Gasteiger partial charge >= 0.3 is 0 Å². The Labute approximate surface area is 73.2 Å². The van der Waals surface area contributed by atoms with E-state index in [0.717, 1.165) is 10.3 Å². The number of aromatic nitrogens is 1. The number of pyridine rings is 1. The van der Waals surface area contributed by atoms with Crippen LogP contribution in [0.5, 0.6) is 0 Å². The Morgan fingerprint density at radius 1 is 1.64 bits per heavy atom. The van der Waals surface area contributed by atoms with Crippen molar-refractivity contribution in [3.63, 3.8) is 0 Å². The van der Waals surface area contributed by atoms with Crippen molar-refractivity contribution in [2.75, 3.05) is 0 Å². The molecule has 0 aliphatic heterocycles. The average molecular weight is 218 g/mol. The zero-order chi connectivity index (χ0) is 8.69. The Balaban J connectivity index is 0.000000292. The van der Waals surface area contributed by atoms with Crippen molar-refractivity contribution in [1.29, 1.82) is 0 Å². The van der Waals surface area contributed by atoms with E-state index in [-0.39, 0.29) is 6.47 Å². The van der Waals surface area contributed by atoms with Crippen molar-refractivity contribution in [3.05, 3.63) is 28.5 Å². The Morgan fingerprint density at radius 2 is 2.18 bits per heavy atom. The molecule has 0 aliphatic rings. The number of rotatable bonds is 0. The van der Waals surface area contributed by atoms with Crippen LogP contribution in [-0.4, -0.2) is 16.6 Å². The van der Waals surface area contributed by atoms with Crippen LogP contribution in [0.3, 0.4) is 0 Å². The first-order valence-electron chi connectivity index (χ1n) is 2.87. The topological polar surface area (TPSA) is 50.2 Å². The number of nitrogens with zero attached hydrogens (tertiary/aromatic N) is 1. The molecule has 0 fully saturated rings. The second-order valence-corrected chi connectivity index (χ2v) is 2.52. The Hall–Kier alpha value is -0.900. The zero-order valence-electron chi connectivity index (χ0n) is 5.99. The number of hydrogen-bond donors (Lipinski definition) is 1. The van der Waals surface area contributed by atoms with Gasteiger partial charge in [-0.1, -0.05) is 6.07 Å². The highest BCUT2D eigenvalue weighted by molar-refractivity contribution is 9.10. The molecule has 3 nitrogen and oxygen atoms in total. The molecular weight excluding hydrogens is 210 g/mol. The van der Waals surface area contributed by atoms with Gasteiger partial charge in [-0.2, -0.15) is 0 Å². The molecule has 60 valence electrons. The Bertz CT molecular complexity index is 210. The van der Waals surface area contributed by atoms with Gasteiger partial charge in [-0.25, -0.2) is 4.98 Å². The number of aryl methyl sites for hydroxylation is 1. The molecular formula is C7H8BrNO2. The maximum atomic E-state index is 8.36. The lowest BCUT2D eigenvalue weighted by molar-refractivity contribution is -0.122. The molecule has 1 N–H and O–H groups in total. The van der Waals surface area contributed by atoms with Crippen molar-refractivity contribution >= 4 is 22.4 Å². The van der Waals surface area contributed by atoms with Crippen LogP contribution in [0, 0.1) is 6.92 Å². The Kier molecular flexibility index (Phi) is 5.37. The number of halogens is 1. The van der Waals surface area contributed by atoms with Crippen molar-refractivity contribution in [2.45, 2.75) is 6.92 Å². The molecule has 0 aromatic carbocycles. The molecule has 0 aliphatic carbocycles. The summed E-state index contributed by atoms with van der Waals surface area (Å²) in [5, 5.41) is 6.89. The standard InChI is InChI=1S/C6H6BrN.CH2O2/c1-5-3-2-4-6(7)8-5;2-1-3/h2-4H,1H3;1H,(H,2,3). The maximum absolute atomic E-state index is 8.36. The van der Waals surface area contributed by atoms with Crippen LogP contribution in [0.2, 0.25) is 0 Å². The molecule has 0 spiro atoms. The number of hydrogen-bond acceptors (Lipinski definition) is 2. The largest absolute Gasteiger partial charge is 0.483 e. The molecule has 0 bridgehead atoms. The number of carbonyl (C=O) groups is 1. The van der Waals surface area contributed by atoms with Crippen molar-refractivity contribution < 1.29 is 9.90 Å². The summed E-state index contributed by atoms with van der Waals surface area (Å²) in [7, 11) is 0. The van der Waals surface area contributed by atoms with Gasteiger partial charge in [0.25, 0.3) is 6.47 Å². The first-order chi connectivity index (χ1) is 5.20. The predicted molar refractivity (Wildman–Crippen MR) is 45.4 cm³/mol. The van der Waals surface area contributed by atoms with Gasteiger partial charge in [0.2, 0.25) is 0 Å². The highest BCUT2D eigenvalue weighted by Crippen LogP contribution is 2.04. The second kappa shape index (κ2) is 5.85. The summed E-state index contributed by atoms with van der Waals surface area (Å²) in [6.45, 7) is 1.71. The van der Waals surface area contributed by atoms with E-state index in [1.54, 1.807) is 0 Å². The van der Waals surface area contributed by atoms with Crippen molar-refractivity contribution in [2.24, 2.45) is 0 Å². The van der Waals surface area contributed by atoms with Gasteiger partial charge in [-0.15, -0.1) is 0 Å². The van der Waals surface area contributed by atoms with E-state index in [1.165, 1.54) is 0 Å². The average Bonchev–Trinajstić information content (AvgIpc) is 1.88. The SMILES string of the molecule is Cc1cccc(Br)n1.O=CO. The van der Waals surface area contributed by atoms with E-state index in [1.807, 2.05) is 25.1 Å². The first kappa shape index (κ1) is 10.1. The van der Waals surface area contributed by atoms with E-state index in [2.05, 4.69) is 20.9 Å². The molecule has 1 aromatic heterocycles. The van der Waals surface area contributed by atoms with Gasteiger partial charge in [-0.05, 0) is 35.0 Å². The fraction of sp³-hybridized carbons (Fsp3) is 0.143. The van der Waals surface area contributed by atoms with Crippen LogP contribution in [0.15, 0.2) is 22.8 Å². The molecule has 1 heterocycles. The minimum Gasteiger partial charge on any atom is -0.483 e. The third-order valence-electron chi connectivity index (χ3n) is 0.854. The van der Waals surface area contributed by atoms with Crippen LogP contribution in [0.4, 0.5) is 0 Å². The highest BCUT2D eigenvalue weighted by Gasteiger charge is 1.83. The molecule has 4 heteroatoms. The van der Waals surface area contributed by atoms with E-state index < -0.39 is 0 Å². The molecule has 0 amide bonds. The molecule has 0 radical (unpaired) electrons. The van der Waals surface area contributed by atoms with E-state index >= 15 is 0 Å². The molecule has 0 saturated carbocycles. The first-order valence-corrected chi connectivity index (χ1v) is 3.67. The molecule has 0 saturated heterocycles. The van der Waals surface area contributed by atoms with Crippen LogP contribution in [-0.2, 0) is 4.79 Å². The predicted octanol–water partition coefficient (Wildman–Crippen LogP) is 1.85. The normalized spacial score (nSPS) is 7.82. The maximum Gasteiger partial charge on any atom is 0.290 e. The number of carboxylic acid groups (broad SMARTS) is 1. The van der Waals surface area contributed by atoms with Gasteiger partial charge in [0.15, 0.2) is 0 Å². The highest BCUT2D eigenvalue weighted by atomic mass is 79.9. The van der Waals surface area contributed by atoms with Crippen LogP contribution >= 0.6 is 15.9 Å². The summed E-state index contributed by atoms with van der Waals surface area (Å²) in [5.41, 5.74) is 1.04. The summed E-state index contributed by atoms with van der Waals surface area (Å²) < 4.78 is 0.900. The third kappa shape index (κ3) is 5.54. The van der Waals surface area contributed by atoms with E-state index in [4.69, 9.17) is 9.90 Å². The smallest absolute Gasteiger partial charge is 0.290 e. The van der Waals surface area contributed by atoms with Gasteiger partial charge in [0, 0.05) is 5.69 Å². The quantitative estimate of drug-likeness (QED) is 0.534. The Morgan fingerprint density at radius 3 is 2.45 bits per heavy atom. The second-order valence-electron chi connectivity index (χ2n) is 1.71. The van der Waals surface area contributed by atoms with Gasteiger partial charge in [0.1, 0.15) is 4.60 Å².